The number of ether oxygens (including phenoxy) is 6. The Bertz CT molecular complexity index is 1440. The molecule has 3 aromatic carbocycles. The van der Waals surface area contributed by atoms with Gasteiger partial charge in [-0.15, -0.1) is 8.78 Å². The molecule has 2 aliphatic heterocycles. The highest BCUT2D eigenvalue weighted by atomic mass is 19.3. The molecule has 0 spiro atoms. The van der Waals surface area contributed by atoms with Crippen LogP contribution in [0.5, 0.6) is 34.5 Å². The quantitative estimate of drug-likeness (QED) is 0.428. The number of hydrogen-bond acceptors (Lipinski definition) is 7. The third-order valence-electron chi connectivity index (χ3n) is 7.54. The van der Waals surface area contributed by atoms with E-state index in [1.807, 2.05) is 30.3 Å². The first-order valence-electron chi connectivity index (χ1n) is 12.5. The zero-order valence-corrected chi connectivity index (χ0v) is 21.6. The highest BCUT2D eigenvalue weighted by Crippen LogP contribution is 2.53. The van der Waals surface area contributed by atoms with E-state index in [9.17, 15) is 13.6 Å². The first-order valence-corrected chi connectivity index (χ1v) is 12.5. The van der Waals surface area contributed by atoms with Gasteiger partial charge in [0.05, 0.1) is 32.8 Å². The number of amides is 1. The molecule has 1 N–H and O–H groups in total. The van der Waals surface area contributed by atoms with Crippen LogP contribution in [-0.4, -0.2) is 33.5 Å². The van der Waals surface area contributed by atoms with Crippen LogP contribution in [-0.2, 0) is 10.2 Å². The van der Waals surface area contributed by atoms with Crippen molar-refractivity contribution in [3.63, 3.8) is 0 Å². The summed E-state index contributed by atoms with van der Waals surface area (Å²) in [6, 6.07) is 15.2. The molecule has 1 fully saturated rings. The van der Waals surface area contributed by atoms with Crippen molar-refractivity contribution in [1.82, 2.24) is 5.32 Å². The van der Waals surface area contributed by atoms with Gasteiger partial charge in [-0.25, -0.2) is 0 Å². The van der Waals surface area contributed by atoms with E-state index in [-0.39, 0.29) is 23.4 Å². The SMILES string of the molecule is COc1ccc2c(c1)OC(c1ccc(OC)c(OC)c1)CC2NC(=O)C1(c2ccc3c(c2)OC(F)(F)O3)CC1. The molecule has 2 heterocycles. The highest BCUT2D eigenvalue weighted by Gasteiger charge is 2.53. The fourth-order valence-electron chi connectivity index (χ4n) is 5.28. The summed E-state index contributed by atoms with van der Waals surface area (Å²) < 4.78 is 58.8. The molecule has 8 nitrogen and oxygen atoms in total. The monoisotopic (exact) mass is 539 g/mol. The summed E-state index contributed by atoms with van der Waals surface area (Å²) in [5, 5.41) is 3.21. The maximum Gasteiger partial charge on any atom is 0.586 e. The average molecular weight is 540 g/mol. The molecule has 0 bridgehead atoms. The Morgan fingerprint density at radius 3 is 2.36 bits per heavy atom. The van der Waals surface area contributed by atoms with Gasteiger partial charge in [0.2, 0.25) is 5.91 Å². The van der Waals surface area contributed by atoms with Crippen molar-refractivity contribution in [2.75, 3.05) is 21.3 Å². The minimum Gasteiger partial charge on any atom is -0.497 e. The van der Waals surface area contributed by atoms with Gasteiger partial charge in [0, 0.05) is 18.1 Å². The molecule has 0 saturated heterocycles. The van der Waals surface area contributed by atoms with Gasteiger partial charge in [-0.1, -0.05) is 12.1 Å². The van der Waals surface area contributed by atoms with Crippen molar-refractivity contribution >= 4 is 5.91 Å². The third-order valence-corrected chi connectivity index (χ3v) is 7.54. The number of halogens is 2. The maximum atomic E-state index is 13.8. The summed E-state index contributed by atoms with van der Waals surface area (Å²) in [6.45, 7) is 0. The van der Waals surface area contributed by atoms with Crippen molar-refractivity contribution in [3.8, 4) is 34.5 Å². The van der Waals surface area contributed by atoms with Crippen molar-refractivity contribution in [3.05, 3.63) is 71.3 Å². The lowest BCUT2D eigenvalue weighted by Crippen LogP contribution is -2.39. The van der Waals surface area contributed by atoms with Gasteiger partial charge in [-0.3, -0.25) is 4.79 Å². The lowest BCUT2D eigenvalue weighted by atomic mass is 9.90. The van der Waals surface area contributed by atoms with Crippen LogP contribution in [0, 0.1) is 0 Å². The number of hydrogen-bond donors (Lipinski definition) is 1. The largest absolute Gasteiger partial charge is 0.586 e. The molecule has 1 saturated carbocycles. The smallest absolute Gasteiger partial charge is 0.497 e. The summed E-state index contributed by atoms with van der Waals surface area (Å²) in [4.78, 5) is 13.8. The van der Waals surface area contributed by atoms with Gasteiger partial charge in [0.15, 0.2) is 23.0 Å². The Balaban J connectivity index is 1.29. The lowest BCUT2D eigenvalue weighted by molar-refractivity contribution is -0.286. The van der Waals surface area contributed by atoms with Crippen LogP contribution >= 0.6 is 0 Å². The van der Waals surface area contributed by atoms with Crippen LogP contribution in [0.1, 0.15) is 48.1 Å². The summed E-state index contributed by atoms with van der Waals surface area (Å²) in [7, 11) is 4.72. The van der Waals surface area contributed by atoms with E-state index >= 15 is 0 Å². The molecule has 39 heavy (non-hydrogen) atoms. The number of carbonyl (C=O) groups excluding carboxylic acids is 1. The van der Waals surface area contributed by atoms with Gasteiger partial charge in [-0.2, -0.15) is 0 Å². The van der Waals surface area contributed by atoms with Gasteiger partial charge in [-0.05, 0) is 60.4 Å². The second kappa shape index (κ2) is 9.21. The van der Waals surface area contributed by atoms with Crippen LogP contribution in [0.3, 0.4) is 0 Å². The summed E-state index contributed by atoms with van der Waals surface area (Å²) in [5.41, 5.74) is 1.46. The van der Waals surface area contributed by atoms with Crippen LogP contribution in [0.25, 0.3) is 0 Å². The van der Waals surface area contributed by atoms with Crippen molar-refractivity contribution < 1.29 is 42.0 Å². The van der Waals surface area contributed by atoms with E-state index in [1.54, 1.807) is 33.5 Å². The molecule has 2 unspecified atom stereocenters. The minimum atomic E-state index is -3.72. The van der Waals surface area contributed by atoms with E-state index in [2.05, 4.69) is 14.8 Å². The van der Waals surface area contributed by atoms with Gasteiger partial charge >= 0.3 is 6.29 Å². The third kappa shape index (κ3) is 4.43. The fourth-order valence-corrected chi connectivity index (χ4v) is 5.28. The van der Waals surface area contributed by atoms with E-state index in [0.29, 0.717) is 47.8 Å². The lowest BCUT2D eigenvalue weighted by Gasteiger charge is -2.34. The van der Waals surface area contributed by atoms with Gasteiger partial charge in [0.1, 0.15) is 17.6 Å². The number of carbonyl (C=O) groups is 1. The molecular formula is C29H27F2NO7. The first-order chi connectivity index (χ1) is 18.7. The Morgan fingerprint density at radius 1 is 0.872 bits per heavy atom. The summed E-state index contributed by atoms with van der Waals surface area (Å²) in [6.07, 6.45) is -2.47. The average Bonchev–Trinajstić information content (AvgIpc) is 3.69. The number of alkyl halides is 2. The van der Waals surface area contributed by atoms with Crippen molar-refractivity contribution in [2.24, 2.45) is 0 Å². The molecule has 0 aromatic heterocycles. The number of methoxy groups -OCH3 is 3. The molecule has 204 valence electrons. The molecule has 2 atom stereocenters. The Morgan fingerprint density at radius 2 is 1.64 bits per heavy atom. The van der Waals surface area contributed by atoms with E-state index in [4.69, 9.17) is 18.9 Å². The highest BCUT2D eigenvalue weighted by molar-refractivity contribution is 5.92. The molecular weight excluding hydrogens is 512 g/mol. The van der Waals surface area contributed by atoms with E-state index in [0.717, 1.165) is 11.1 Å². The second-order valence-electron chi connectivity index (χ2n) is 9.80. The van der Waals surface area contributed by atoms with E-state index in [1.165, 1.54) is 12.1 Å². The van der Waals surface area contributed by atoms with Crippen LogP contribution in [0.2, 0.25) is 0 Å². The second-order valence-corrected chi connectivity index (χ2v) is 9.80. The topological polar surface area (TPSA) is 84.5 Å². The van der Waals surface area contributed by atoms with Crippen LogP contribution in [0.15, 0.2) is 54.6 Å². The predicted molar refractivity (Wildman–Crippen MR) is 135 cm³/mol. The predicted octanol–water partition coefficient (Wildman–Crippen LogP) is 5.45. The molecule has 0 radical (unpaired) electrons. The van der Waals surface area contributed by atoms with Gasteiger partial charge in [0.25, 0.3) is 0 Å². The molecule has 10 heteroatoms. The standard InChI is InChI=1S/C29H27F2NO7/c1-34-18-6-7-19-20(15-23(37-24(19)14-18)16-4-8-21(35-2)25(12-16)36-3)32-27(33)28(10-11-28)17-5-9-22-26(13-17)39-29(30,31)38-22/h4-9,12-14,20,23H,10-11,15H2,1-3H3,(H,32,33). The zero-order chi connectivity index (χ0) is 27.4. The van der Waals surface area contributed by atoms with Gasteiger partial charge < -0.3 is 33.7 Å². The number of benzene rings is 3. The number of fused-ring (bicyclic) bond motifs is 2. The fraction of sp³-hybridized carbons (Fsp3) is 0.345. The Hall–Kier alpha value is -4.21. The Labute approximate surface area is 223 Å². The van der Waals surface area contributed by atoms with Crippen molar-refractivity contribution in [1.29, 1.82) is 0 Å². The molecule has 3 aliphatic rings. The van der Waals surface area contributed by atoms with Crippen LogP contribution in [0.4, 0.5) is 8.78 Å². The normalized spacial score (nSPS) is 21.3. The summed E-state index contributed by atoms with van der Waals surface area (Å²) in [5.74, 6) is 2.08. The number of nitrogens with one attached hydrogen (secondary N) is 1. The molecule has 6 rings (SSSR count). The summed E-state index contributed by atoms with van der Waals surface area (Å²) >= 11 is 0. The Kier molecular flexibility index (Phi) is 5.93. The first kappa shape index (κ1) is 25.1. The minimum absolute atomic E-state index is 0.0509. The van der Waals surface area contributed by atoms with Crippen molar-refractivity contribution in [2.45, 2.75) is 43.1 Å². The molecule has 3 aromatic rings. The number of rotatable bonds is 7. The molecule has 1 amide bonds. The van der Waals surface area contributed by atoms with E-state index < -0.39 is 17.8 Å². The zero-order valence-electron chi connectivity index (χ0n) is 21.6. The maximum absolute atomic E-state index is 13.8. The van der Waals surface area contributed by atoms with Crippen LogP contribution < -0.4 is 33.7 Å². The molecule has 1 aliphatic carbocycles.